The number of halogens is 1. The second-order valence-corrected chi connectivity index (χ2v) is 8.35. The van der Waals surface area contributed by atoms with E-state index in [9.17, 15) is 22.8 Å². The molecule has 12 heteroatoms. The first kappa shape index (κ1) is 21.2. The molecule has 30 heavy (non-hydrogen) atoms. The van der Waals surface area contributed by atoms with Crippen LogP contribution in [0.3, 0.4) is 0 Å². The number of H-pyrrole nitrogens is 2. The van der Waals surface area contributed by atoms with Crippen LogP contribution in [0.25, 0.3) is 0 Å². The quantitative estimate of drug-likeness (QED) is 0.303. The normalized spacial score (nSPS) is 11.4. The number of nitrogens with zero attached hydrogens (tertiary/aromatic N) is 1. The Labute approximate surface area is 178 Å². The summed E-state index contributed by atoms with van der Waals surface area (Å²) in [7, 11) is -4.29. The number of aromatic amines is 2. The molecule has 0 bridgehead atoms. The van der Waals surface area contributed by atoms with Crippen molar-refractivity contribution in [3.05, 3.63) is 91.2 Å². The topological polar surface area (TPSA) is 153 Å². The lowest BCUT2D eigenvalue weighted by atomic mass is 10.2. The number of carbonyl (C=O) groups excluding carboxylic acids is 1. The fourth-order valence-corrected chi connectivity index (χ4v) is 3.78. The maximum Gasteiger partial charge on any atom is 0.325 e. The molecule has 0 unspecified atom stereocenters. The van der Waals surface area contributed by atoms with Crippen LogP contribution >= 0.6 is 15.9 Å². The van der Waals surface area contributed by atoms with E-state index in [1.54, 1.807) is 6.07 Å². The van der Waals surface area contributed by atoms with Gasteiger partial charge in [0.1, 0.15) is 0 Å². The van der Waals surface area contributed by atoms with Gasteiger partial charge in [0.25, 0.3) is 21.5 Å². The average Bonchev–Trinajstić information content (AvgIpc) is 2.69. The first-order chi connectivity index (χ1) is 14.3. The van der Waals surface area contributed by atoms with Gasteiger partial charge < -0.3 is 4.98 Å². The number of aromatic nitrogens is 2. The molecule has 3 rings (SSSR count). The van der Waals surface area contributed by atoms with E-state index in [4.69, 9.17) is 0 Å². The van der Waals surface area contributed by atoms with Crippen molar-refractivity contribution in [1.82, 2.24) is 15.4 Å². The minimum absolute atomic E-state index is 0.0445. The Morgan fingerprint density at radius 2 is 1.87 bits per heavy atom. The zero-order valence-electron chi connectivity index (χ0n) is 15.0. The second kappa shape index (κ2) is 8.88. The van der Waals surface area contributed by atoms with E-state index in [1.165, 1.54) is 30.5 Å². The highest BCUT2D eigenvalue weighted by molar-refractivity contribution is 9.10. The Morgan fingerprint density at radius 3 is 2.60 bits per heavy atom. The molecule has 0 aliphatic carbocycles. The van der Waals surface area contributed by atoms with Crippen LogP contribution in [-0.2, 0) is 10.0 Å². The van der Waals surface area contributed by atoms with Crippen molar-refractivity contribution in [1.29, 1.82) is 0 Å². The summed E-state index contributed by atoms with van der Waals surface area (Å²) in [4.78, 5) is 38.3. The lowest BCUT2D eigenvalue weighted by molar-refractivity contribution is 0.0955. The van der Waals surface area contributed by atoms with Crippen LogP contribution < -0.4 is 21.4 Å². The van der Waals surface area contributed by atoms with Gasteiger partial charge in [-0.05, 0) is 24.3 Å². The molecule has 1 heterocycles. The predicted molar refractivity (Wildman–Crippen MR) is 114 cm³/mol. The zero-order valence-corrected chi connectivity index (χ0v) is 17.5. The van der Waals surface area contributed by atoms with Gasteiger partial charge in [-0.15, -0.1) is 0 Å². The number of sulfonamides is 1. The molecule has 0 atom stereocenters. The maximum atomic E-state index is 12.4. The highest BCUT2D eigenvalue weighted by Gasteiger charge is 2.19. The number of anilines is 1. The Hall–Kier alpha value is -3.51. The summed E-state index contributed by atoms with van der Waals surface area (Å²) in [6.07, 6.45) is 2.24. The Balaban J connectivity index is 1.75. The van der Waals surface area contributed by atoms with Crippen LogP contribution in [0.4, 0.5) is 5.69 Å². The SMILES string of the molecule is O=C(N/N=C/c1ccccc1Br)c1cccc(NS(=O)(=O)c2c[nH]c(=O)[nH]c2=O)c1. The summed E-state index contributed by atoms with van der Waals surface area (Å²) < 4.78 is 27.8. The van der Waals surface area contributed by atoms with E-state index in [1.807, 2.05) is 23.2 Å². The highest BCUT2D eigenvalue weighted by atomic mass is 79.9. The summed E-state index contributed by atoms with van der Waals surface area (Å²) in [6.45, 7) is 0. The first-order valence-corrected chi connectivity index (χ1v) is 10.6. The molecule has 4 N–H and O–H groups in total. The molecule has 0 radical (unpaired) electrons. The fourth-order valence-electron chi connectivity index (χ4n) is 2.34. The third kappa shape index (κ3) is 5.10. The van der Waals surface area contributed by atoms with Crippen LogP contribution in [-0.4, -0.2) is 30.5 Å². The van der Waals surface area contributed by atoms with Gasteiger partial charge in [0.05, 0.1) is 6.21 Å². The van der Waals surface area contributed by atoms with Crippen LogP contribution in [0, 0.1) is 0 Å². The first-order valence-electron chi connectivity index (χ1n) is 8.29. The monoisotopic (exact) mass is 491 g/mol. The van der Waals surface area contributed by atoms with Crippen molar-refractivity contribution in [3.8, 4) is 0 Å². The summed E-state index contributed by atoms with van der Waals surface area (Å²) >= 11 is 3.36. The van der Waals surface area contributed by atoms with Gasteiger partial charge in [-0.3, -0.25) is 19.3 Å². The number of amides is 1. The van der Waals surface area contributed by atoms with Gasteiger partial charge in [0.15, 0.2) is 4.90 Å². The largest absolute Gasteiger partial charge is 0.325 e. The fraction of sp³-hybridized carbons (Fsp3) is 0. The second-order valence-electron chi connectivity index (χ2n) is 5.84. The average molecular weight is 492 g/mol. The molecule has 0 saturated carbocycles. The molecular formula is C18H14BrN5O5S. The summed E-state index contributed by atoms with van der Waals surface area (Å²) in [5, 5.41) is 3.88. The summed E-state index contributed by atoms with van der Waals surface area (Å²) in [6, 6.07) is 12.9. The lowest BCUT2D eigenvalue weighted by Crippen LogP contribution is -2.29. The number of rotatable bonds is 6. The van der Waals surface area contributed by atoms with E-state index in [0.717, 1.165) is 16.2 Å². The number of nitrogens with one attached hydrogen (secondary N) is 4. The predicted octanol–water partition coefficient (Wildman–Crippen LogP) is 1.39. The van der Waals surface area contributed by atoms with E-state index >= 15 is 0 Å². The lowest BCUT2D eigenvalue weighted by Gasteiger charge is -2.08. The van der Waals surface area contributed by atoms with Crippen molar-refractivity contribution >= 4 is 43.8 Å². The van der Waals surface area contributed by atoms with Gasteiger partial charge in [-0.2, -0.15) is 5.10 Å². The van der Waals surface area contributed by atoms with E-state index < -0.39 is 32.1 Å². The van der Waals surface area contributed by atoms with Crippen molar-refractivity contribution in [2.45, 2.75) is 4.90 Å². The molecule has 2 aromatic carbocycles. The van der Waals surface area contributed by atoms with E-state index in [2.05, 4.69) is 36.2 Å². The number of carbonyl (C=O) groups is 1. The van der Waals surface area contributed by atoms with Gasteiger partial charge in [0, 0.05) is 27.5 Å². The molecule has 3 aromatic rings. The highest BCUT2D eigenvalue weighted by Crippen LogP contribution is 2.15. The Kier molecular flexibility index (Phi) is 6.28. The molecule has 1 aromatic heterocycles. The third-order valence-electron chi connectivity index (χ3n) is 3.73. The van der Waals surface area contributed by atoms with Crippen molar-refractivity contribution < 1.29 is 13.2 Å². The molecule has 154 valence electrons. The minimum atomic E-state index is -4.29. The van der Waals surface area contributed by atoms with Gasteiger partial charge >= 0.3 is 5.69 Å². The molecular weight excluding hydrogens is 478 g/mol. The van der Waals surface area contributed by atoms with Crippen LogP contribution in [0.2, 0.25) is 0 Å². The zero-order chi connectivity index (χ0) is 21.7. The Morgan fingerprint density at radius 1 is 1.10 bits per heavy atom. The van der Waals surface area contributed by atoms with Gasteiger partial charge in [-0.1, -0.05) is 40.2 Å². The smallest absolute Gasteiger partial charge is 0.313 e. The van der Waals surface area contributed by atoms with Crippen molar-refractivity contribution in [2.75, 3.05) is 4.72 Å². The van der Waals surface area contributed by atoms with Crippen LogP contribution in [0.15, 0.2) is 78.8 Å². The third-order valence-corrected chi connectivity index (χ3v) is 5.84. The van der Waals surface area contributed by atoms with Crippen molar-refractivity contribution in [3.63, 3.8) is 0 Å². The van der Waals surface area contributed by atoms with Crippen molar-refractivity contribution in [2.24, 2.45) is 5.10 Å². The standard InChI is InChI=1S/C18H14BrN5O5S/c19-14-7-2-1-4-12(14)9-21-23-16(25)11-5-3-6-13(8-11)24-30(28,29)15-10-20-18(27)22-17(15)26/h1-10,24H,(H,23,25)(H2,20,22,26,27)/b21-9+. The Bertz CT molecular complexity index is 1350. The number of benzene rings is 2. The number of hydrazone groups is 1. The number of hydrogen-bond acceptors (Lipinski definition) is 6. The molecule has 0 aliphatic rings. The van der Waals surface area contributed by atoms with E-state index in [0.29, 0.717) is 0 Å². The van der Waals surface area contributed by atoms with Gasteiger partial charge in [0.2, 0.25) is 0 Å². The van der Waals surface area contributed by atoms with Gasteiger partial charge in [-0.25, -0.2) is 18.6 Å². The molecule has 1 amide bonds. The molecule has 0 fully saturated rings. The number of hydrogen-bond donors (Lipinski definition) is 4. The maximum absolute atomic E-state index is 12.4. The molecule has 0 saturated heterocycles. The molecule has 10 nitrogen and oxygen atoms in total. The van der Waals surface area contributed by atoms with Crippen LogP contribution in [0.1, 0.15) is 15.9 Å². The molecule has 0 spiro atoms. The van der Waals surface area contributed by atoms with E-state index in [-0.39, 0.29) is 11.3 Å². The van der Waals surface area contributed by atoms with Crippen LogP contribution in [0.5, 0.6) is 0 Å². The summed E-state index contributed by atoms with van der Waals surface area (Å²) in [5.41, 5.74) is 1.38. The summed E-state index contributed by atoms with van der Waals surface area (Å²) in [5.74, 6) is -0.568. The molecule has 0 aliphatic heterocycles. The minimum Gasteiger partial charge on any atom is -0.313 e.